The minimum absolute atomic E-state index is 0.500. The number of nitrogens with zero attached hydrogens (tertiary/aromatic N) is 3. The van der Waals surface area contributed by atoms with Crippen molar-refractivity contribution in [2.45, 2.75) is 37.7 Å². The van der Waals surface area contributed by atoms with Crippen molar-refractivity contribution in [3.8, 4) is 0 Å². The monoisotopic (exact) mass is 323 g/mol. The molecule has 3 heterocycles. The summed E-state index contributed by atoms with van der Waals surface area (Å²) in [6, 6.07) is 2.23. The molecule has 3 N–H and O–H groups in total. The molecule has 1 fully saturated rings. The van der Waals surface area contributed by atoms with E-state index in [4.69, 9.17) is 5.84 Å². The Kier molecular flexibility index (Phi) is 4.24. The van der Waals surface area contributed by atoms with Crippen molar-refractivity contribution in [1.29, 1.82) is 0 Å². The van der Waals surface area contributed by atoms with Crippen LogP contribution in [-0.2, 0) is 6.42 Å². The molecule has 2 atom stereocenters. The highest BCUT2D eigenvalue weighted by Crippen LogP contribution is 2.35. The van der Waals surface area contributed by atoms with Crippen LogP contribution in [-0.4, -0.2) is 33.6 Å². The fraction of sp³-hybridized carbons (Fsp3) is 0.571. The number of nitrogen functional groups attached to an aromatic ring is 1. The van der Waals surface area contributed by atoms with E-state index in [1.165, 1.54) is 4.88 Å². The molecule has 2 aromatic heterocycles. The number of hydrazine groups is 1. The van der Waals surface area contributed by atoms with Gasteiger partial charge in [-0.3, -0.25) is 5.43 Å². The molecule has 3 rings (SSSR count). The van der Waals surface area contributed by atoms with Gasteiger partial charge in [0.2, 0.25) is 5.95 Å². The Labute approximate surface area is 133 Å². The first kappa shape index (κ1) is 14.9. The quantitative estimate of drug-likeness (QED) is 0.669. The minimum Gasteiger partial charge on any atom is -0.354 e. The van der Waals surface area contributed by atoms with E-state index >= 15 is 0 Å². The maximum Gasteiger partial charge on any atom is 0.240 e. The van der Waals surface area contributed by atoms with Gasteiger partial charge in [0.05, 0.1) is 5.39 Å². The molecular weight excluding hydrogens is 302 g/mol. The van der Waals surface area contributed by atoms with Crippen LogP contribution in [0, 0.1) is 0 Å². The highest BCUT2D eigenvalue weighted by molar-refractivity contribution is 8.00. The lowest BCUT2D eigenvalue weighted by atomic mass is 10.2. The third kappa shape index (κ3) is 2.95. The fourth-order valence-corrected chi connectivity index (χ4v) is 5.07. The Morgan fingerprint density at radius 2 is 2.05 bits per heavy atom. The summed E-state index contributed by atoms with van der Waals surface area (Å²) in [7, 11) is 0. The van der Waals surface area contributed by atoms with Crippen molar-refractivity contribution in [1.82, 2.24) is 9.97 Å². The maximum absolute atomic E-state index is 5.54. The van der Waals surface area contributed by atoms with Crippen molar-refractivity contribution in [2.24, 2.45) is 5.84 Å². The van der Waals surface area contributed by atoms with E-state index in [1.54, 1.807) is 11.3 Å². The van der Waals surface area contributed by atoms with Crippen LogP contribution < -0.4 is 16.2 Å². The molecule has 0 spiro atoms. The molecular formula is C14H21N5S2. The molecule has 1 saturated heterocycles. The number of hydrogen-bond acceptors (Lipinski definition) is 7. The van der Waals surface area contributed by atoms with Gasteiger partial charge in [-0.25, -0.2) is 10.8 Å². The van der Waals surface area contributed by atoms with E-state index in [0.717, 1.165) is 35.5 Å². The second-order valence-electron chi connectivity index (χ2n) is 5.46. The fourth-order valence-electron chi connectivity index (χ4n) is 2.79. The number of hydrogen-bond donors (Lipinski definition) is 2. The molecule has 1 aliphatic rings. The van der Waals surface area contributed by atoms with Gasteiger partial charge in [-0.15, -0.1) is 11.3 Å². The lowest BCUT2D eigenvalue weighted by molar-refractivity contribution is 0.721. The largest absolute Gasteiger partial charge is 0.354 e. The average molecular weight is 323 g/mol. The highest BCUT2D eigenvalue weighted by atomic mass is 32.2. The molecule has 0 amide bonds. The number of thioether (sulfide) groups is 1. The average Bonchev–Trinajstić information content (AvgIpc) is 2.87. The molecule has 0 radical (unpaired) electrons. The molecule has 0 aromatic carbocycles. The number of nitrogens with one attached hydrogen (secondary N) is 1. The first-order valence-electron chi connectivity index (χ1n) is 7.28. The predicted octanol–water partition coefficient (Wildman–Crippen LogP) is 2.87. The van der Waals surface area contributed by atoms with Gasteiger partial charge in [-0.1, -0.05) is 20.8 Å². The maximum atomic E-state index is 5.54. The summed E-state index contributed by atoms with van der Waals surface area (Å²) >= 11 is 3.77. The van der Waals surface area contributed by atoms with Crippen molar-refractivity contribution in [3.05, 3.63) is 10.9 Å². The van der Waals surface area contributed by atoms with Crippen molar-refractivity contribution in [3.63, 3.8) is 0 Å². The molecule has 2 unspecified atom stereocenters. The third-order valence-electron chi connectivity index (χ3n) is 3.62. The van der Waals surface area contributed by atoms with Crippen LogP contribution in [0.4, 0.5) is 11.8 Å². The third-order valence-corrected chi connectivity index (χ3v) is 6.02. The van der Waals surface area contributed by atoms with Gasteiger partial charge in [0.15, 0.2) is 0 Å². The molecule has 114 valence electrons. The number of fused-ring (bicyclic) bond motifs is 1. The van der Waals surface area contributed by atoms with Crippen LogP contribution in [0.2, 0.25) is 0 Å². The van der Waals surface area contributed by atoms with Gasteiger partial charge in [0, 0.05) is 28.5 Å². The summed E-state index contributed by atoms with van der Waals surface area (Å²) in [6.45, 7) is 8.75. The molecule has 0 bridgehead atoms. The molecule has 21 heavy (non-hydrogen) atoms. The molecule has 0 saturated carbocycles. The summed E-state index contributed by atoms with van der Waals surface area (Å²) in [5, 5.41) is 2.37. The van der Waals surface area contributed by atoms with E-state index < -0.39 is 0 Å². The Balaban J connectivity index is 2.08. The van der Waals surface area contributed by atoms with Crippen LogP contribution >= 0.6 is 23.1 Å². The van der Waals surface area contributed by atoms with Gasteiger partial charge in [-0.05, 0) is 12.5 Å². The van der Waals surface area contributed by atoms with Crippen LogP contribution in [0.5, 0.6) is 0 Å². The second-order valence-corrected chi connectivity index (χ2v) is 8.46. The van der Waals surface area contributed by atoms with E-state index in [2.05, 4.69) is 47.1 Å². The van der Waals surface area contributed by atoms with E-state index in [1.807, 2.05) is 11.8 Å². The second kappa shape index (κ2) is 5.98. The Hall–Kier alpha value is -1.05. The first-order valence-corrected chi connectivity index (χ1v) is 9.04. The van der Waals surface area contributed by atoms with Crippen LogP contribution in [0.3, 0.4) is 0 Å². The standard InChI is InChI=1S/C14H21N5S2/c1-4-10-5-11-12(16-14(18-15)17-13(11)21-10)19-6-8(2)20-9(3)7-19/h5,8-9H,4,6-7,15H2,1-3H3,(H,16,17,18). The lowest BCUT2D eigenvalue weighted by Crippen LogP contribution is -2.41. The number of nitrogens with two attached hydrogens (primary N) is 1. The summed E-state index contributed by atoms with van der Waals surface area (Å²) in [6.07, 6.45) is 1.02. The summed E-state index contributed by atoms with van der Waals surface area (Å²) < 4.78 is 0. The van der Waals surface area contributed by atoms with Crippen molar-refractivity contribution < 1.29 is 0 Å². The first-order chi connectivity index (χ1) is 10.1. The van der Waals surface area contributed by atoms with Crippen molar-refractivity contribution >= 4 is 45.1 Å². The molecule has 1 aliphatic heterocycles. The van der Waals surface area contributed by atoms with E-state index in [9.17, 15) is 0 Å². The number of anilines is 2. The van der Waals surface area contributed by atoms with Gasteiger partial charge in [0.25, 0.3) is 0 Å². The summed E-state index contributed by atoms with van der Waals surface area (Å²) in [5.74, 6) is 7.06. The smallest absolute Gasteiger partial charge is 0.240 e. The Bertz CT molecular complexity index is 632. The highest BCUT2D eigenvalue weighted by Gasteiger charge is 2.25. The van der Waals surface area contributed by atoms with Crippen LogP contribution in [0.1, 0.15) is 25.6 Å². The molecule has 5 nitrogen and oxygen atoms in total. The number of aryl methyl sites for hydroxylation is 1. The van der Waals surface area contributed by atoms with E-state index in [0.29, 0.717) is 16.4 Å². The zero-order valence-corrected chi connectivity index (χ0v) is 14.2. The minimum atomic E-state index is 0.500. The summed E-state index contributed by atoms with van der Waals surface area (Å²) in [5.41, 5.74) is 2.60. The Morgan fingerprint density at radius 1 is 1.33 bits per heavy atom. The van der Waals surface area contributed by atoms with E-state index in [-0.39, 0.29) is 0 Å². The lowest BCUT2D eigenvalue weighted by Gasteiger charge is -2.35. The zero-order valence-electron chi connectivity index (χ0n) is 12.6. The van der Waals surface area contributed by atoms with Crippen LogP contribution in [0.15, 0.2) is 6.07 Å². The SMILES string of the molecule is CCc1cc2c(N3CC(C)SC(C)C3)nc(NN)nc2s1. The van der Waals surface area contributed by atoms with Gasteiger partial charge < -0.3 is 4.90 Å². The number of rotatable bonds is 3. The van der Waals surface area contributed by atoms with Gasteiger partial charge in [-0.2, -0.15) is 16.7 Å². The topological polar surface area (TPSA) is 67.1 Å². The predicted molar refractivity (Wildman–Crippen MR) is 93.3 cm³/mol. The zero-order chi connectivity index (χ0) is 15.0. The van der Waals surface area contributed by atoms with Crippen molar-refractivity contribution in [2.75, 3.05) is 23.4 Å². The normalized spacial score (nSPS) is 22.8. The number of thiophene rings is 1. The van der Waals surface area contributed by atoms with Gasteiger partial charge >= 0.3 is 0 Å². The van der Waals surface area contributed by atoms with Gasteiger partial charge in [0.1, 0.15) is 10.6 Å². The number of aromatic nitrogens is 2. The Morgan fingerprint density at radius 3 is 2.67 bits per heavy atom. The summed E-state index contributed by atoms with van der Waals surface area (Å²) in [4.78, 5) is 13.9. The molecule has 0 aliphatic carbocycles. The molecule has 7 heteroatoms. The van der Waals surface area contributed by atoms with Crippen LogP contribution in [0.25, 0.3) is 10.2 Å². The molecule has 2 aromatic rings.